The molecule has 0 saturated carbocycles. The fraction of sp³-hybridized carbons (Fsp3) is 0.429. The van der Waals surface area contributed by atoms with Crippen LogP contribution >= 0.6 is 0 Å². The topological polar surface area (TPSA) is 56.4 Å². The second-order valence-electron chi connectivity index (χ2n) is 7.19. The molecule has 0 spiro atoms. The Hall–Kier alpha value is -2.40. The smallest absolute Gasteiger partial charge is 0.270 e. The monoisotopic (exact) mass is 353 g/mol. The minimum Gasteiger partial charge on any atom is -0.337 e. The van der Waals surface area contributed by atoms with Gasteiger partial charge in [0.1, 0.15) is 5.69 Å². The zero-order valence-electron chi connectivity index (χ0n) is 15.4. The van der Waals surface area contributed by atoms with E-state index in [9.17, 15) is 9.59 Å². The lowest BCUT2D eigenvalue weighted by Crippen LogP contribution is -2.43. The van der Waals surface area contributed by atoms with Crippen molar-refractivity contribution in [2.75, 3.05) is 33.2 Å². The van der Waals surface area contributed by atoms with Crippen LogP contribution in [-0.4, -0.2) is 53.9 Å². The normalized spacial score (nSPS) is 17.8. The van der Waals surface area contributed by atoms with Gasteiger partial charge in [-0.25, -0.2) is 0 Å². The molecular formula is C21H27N3O2. The number of pyridine rings is 1. The van der Waals surface area contributed by atoms with E-state index in [1.54, 1.807) is 12.1 Å². The van der Waals surface area contributed by atoms with Gasteiger partial charge < -0.3 is 14.8 Å². The van der Waals surface area contributed by atoms with Gasteiger partial charge in [-0.05, 0) is 50.4 Å². The van der Waals surface area contributed by atoms with Crippen molar-refractivity contribution in [2.45, 2.75) is 19.3 Å². The van der Waals surface area contributed by atoms with Gasteiger partial charge in [-0.15, -0.1) is 0 Å². The van der Waals surface area contributed by atoms with Gasteiger partial charge in [0, 0.05) is 25.7 Å². The van der Waals surface area contributed by atoms with Crippen molar-refractivity contribution in [1.82, 2.24) is 14.8 Å². The standard InChI is InChI=1S/C21H27N3O2/c1-23-13-6-9-18(15-23)16-24(14-12-17-7-3-2-4-8-17)21(26)19-10-5-11-20(25)22-19/h2-5,7-8,10-11,18H,6,9,12-16H2,1H3,(H,22,25)/t18-/m1/s1. The maximum atomic E-state index is 13.0. The number of aromatic nitrogens is 1. The predicted molar refractivity (Wildman–Crippen MR) is 103 cm³/mol. The highest BCUT2D eigenvalue weighted by Gasteiger charge is 2.24. The number of rotatable bonds is 6. The Bertz CT molecular complexity index is 772. The summed E-state index contributed by atoms with van der Waals surface area (Å²) in [6.45, 7) is 3.52. The molecule has 1 aliphatic rings. The van der Waals surface area contributed by atoms with E-state index in [1.807, 2.05) is 23.1 Å². The van der Waals surface area contributed by atoms with E-state index in [4.69, 9.17) is 0 Å². The van der Waals surface area contributed by atoms with Crippen LogP contribution in [-0.2, 0) is 6.42 Å². The molecule has 1 atom stereocenters. The number of aromatic amines is 1. The molecule has 3 rings (SSSR count). The number of piperidine rings is 1. The molecule has 0 radical (unpaired) electrons. The molecule has 2 heterocycles. The van der Waals surface area contributed by atoms with Crippen molar-refractivity contribution < 1.29 is 4.79 Å². The Morgan fingerprint density at radius 2 is 2.00 bits per heavy atom. The third kappa shape index (κ3) is 5.05. The molecule has 5 heteroatoms. The summed E-state index contributed by atoms with van der Waals surface area (Å²) in [4.78, 5) is 31.5. The molecule has 5 nitrogen and oxygen atoms in total. The Morgan fingerprint density at radius 1 is 1.19 bits per heavy atom. The fourth-order valence-corrected chi connectivity index (χ4v) is 3.66. The third-order valence-electron chi connectivity index (χ3n) is 5.00. The summed E-state index contributed by atoms with van der Waals surface area (Å²) in [5.74, 6) is 0.385. The van der Waals surface area contributed by atoms with E-state index in [2.05, 4.69) is 29.1 Å². The summed E-state index contributed by atoms with van der Waals surface area (Å²) >= 11 is 0. The first-order valence-electron chi connectivity index (χ1n) is 9.33. The van der Waals surface area contributed by atoms with Crippen molar-refractivity contribution in [2.24, 2.45) is 5.92 Å². The molecule has 26 heavy (non-hydrogen) atoms. The van der Waals surface area contributed by atoms with Crippen LogP contribution in [0, 0.1) is 5.92 Å². The van der Waals surface area contributed by atoms with Crippen LogP contribution in [0.2, 0.25) is 0 Å². The number of carbonyl (C=O) groups is 1. The van der Waals surface area contributed by atoms with Gasteiger partial charge in [0.05, 0.1) is 0 Å². The number of hydrogen-bond acceptors (Lipinski definition) is 3. The van der Waals surface area contributed by atoms with Crippen molar-refractivity contribution in [3.63, 3.8) is 0 Å². The average Bonchev–Trinajstić information content (AvgIpc) is 2.65. The third-order valence-corrected chi connectivity index (χ3v) is 5.00. The van der Waals surface area contributed by atoms with Gasteiger partial charge in [-0.1, -0.05) is 36.4 Å². The number of likely N-dealkylation sites (tertiary alicyclic amines) is 1. The summed E-state index contributed by atoms with van der Waals surface area (Å²) in [5, 5.41) is 0. The lowest BCUT2D eigenvalue weighted by molar-refractivity contribution is 0.0687. The van der Waals surface area contributed by atoms with Gasteiger partial charge in [-0.2, -0.15) is 0 Å². The lowest BCUT2D eigenvalue weighted by Gasteiger charge is -2.34. The fourth-order valence-electron chi connectivity index (χ4n) is 3.66. The van der Waals surface area contributed by atoms with E-state index in [0.29, 0.717) is 18.2 Å². The molecule has 1 saturated heterocycles. The molecule has 1 amide bonds. The largest absolute Gasteiger partial charge is 0.337 e. The van der Waals surface area contributed by atoms with E-state index in [-0.39, 0.29) is 11.5 Å². The number of amides is 1. The first-order chi connectivity index (χ1) is 12.6. The minimum absolute atomic E-state index is 0.0909. The van der Waals surface area contributed by atoms with Crippen LogP contribution in [0.1, 0.15) is 28.9 Å². The highest BCUT2D eigenvalue weighted by Crippen LogP contribution is 2.18. The molecule has 2 aromatic rings. The van der Waals surface area contributed by atoms with Crippen molar-refractivity contribution in [1.29, 1.82) is 0 Å². The number of carbonyl (C=O) groups excluding carboxylic acids is 1. The van der Waals surface area contributed by atoms with E-state index in [0.717, 1.165) is 32.5 Å². The van der Waals surface area contributed by atoms with E-state index in [1.165, 1.54) is 18.1 Å². The molecule has 0 unspecified atom stereocenters. The van der Waals surface area contributed by atoms with Crippen molar-refractivity contribution in [3.8, 4) is 0 Å². The van der Waals surface area contributed by atoms with Gasteiger partial charge >= 0.3 is 0 Å². The number of hydrogen-bond donors (Lipinski definition) is 1. The zero-order chi connectivity index (χ0) is 18.4. The van der Waals surface area contributed by atoms with Gasteiger partial charge in [-0.3, -0.25) is 9.59 Å². The summed E-state index contributed by atoms with van der Waals surface area (Å²) in [5.41, 5.74) is 1.35. The zero-order valence-corrected chi connectivity index (χ0v) is 15.4. The molecule has 1 aromatic carbocycles. The SMILES string of the molecule is CN1CCC[C@@H](CN(CCc2ccccc2)C(=O)c2cccc(=O)[nH]2)C1. The summed E-state index contributed by atoms with van der Waals surface area (Å²) in [6, 6.07) is 15.0. The van der Waals surface area contributed by atoms with Gasteiger partial charge in [0.15, 0.2) is 0 Å². The first-order valence-corrected chi connectivity index (χ1v) is 9.33. The molecule has 138 valence electrons. The molecule has 1 N–H and O–H groups in total. The highest BCUT2D eigenvalue weighted by atomic mass is 16.2. The molecule has 0 aliphatic carbocycles. The van der Waals surface area contributed by atoms with Crippen LogP contribution in [0.25, 0.3) is 0 Å². The molecule has 1 aliphatic heterocycles. The second-order valence-corrected chi connectivity index (χ2v) is 7.19. The highest BCUT2D eigenvalue weighted by molar-refractivity contribution is 5.92. The maximum Gasteiger partial charge on any atom is 0.270 e. The number of H-pyrrole nitrogens is 1. The van der Waals surface area contributed by atoms with Crippen LogP contribution in [0.5, 0.6) is 0 Å². The second kappa shape index (κ2) is 8.81. The Balaban J connectivity index is 1.73. The minimum atomic E-state index is -0.240. The van der Waals surface area contributed by atoms with Gasteiger partial charge in [0.2, 0.25) is 5.56 Å². The number of benzene rings is 1. The van der Waals surface area contributed by atoms with Crippen molar-refractivity contribution in [3.05, 3.63) is 70.1 Å². The first kappa shape index (κ1) is 18.4. The Morgan fingerprint density at radius 3 is 2.73 bits per heavy atom. The van der Waals surface area contributed by atoms with E-state index < -0.39 is 0 Å². The van der Waals surface area contributed by atoms with Crippen LogP contribution in [0.3, 0.4) is 0 Å². The van der Waals surface area contributed by atoms with E-state index >= 15 is 0 Å². The van der Waals surface area contributed by atoms with Crippen LogP contribution in [0.15, 0.2) is 53.3 Å². The summed E-state index contributed by atoms with van der Waals surface area (Å²) in [7, 11) is 2.14. The Kier molecular flexibility index (Phi) is 6.23. The summed E-state index contributed by atoms with van der Waals surface area (Å²) < 4.78 is 0. The lowest BCUT2D eigenvalue weighted by atomic mass is 9.97. The molecule has 1 fully saturated rings. The summed E-state index contributed by atoms with van der Waals surface area (Å²) in [6.07, 6.45) is 3.13. The molecule has 1 aromatic heterocycles. The Labute approximate surface area is 154 Å². The van der Waals surface area contributed by atoms with Crippen LogP contribution in [0.4, 0.5) is 0 Å². The number of nitrogens with zero attached hydrogens (tertiary/aromatic N) is 2. The van der Waals surface area contributed by atoms with Crippen LogP contribution < -0.4 is 5.56 Å². The quantitative estimate of drug-likeness (QED) is 0.868. The predicted octanol–water partition coefficient (Wildman–Crippen LogP) is 2.40. The molecular weight excluding hydrogens is 326 g/mol. The van der Waals surface area contributed by atoms with Gasteiger partial charge in [0.25, 0.3) is 5.91 Å². The average molecular weight is 353 g/mol. The van der Waals surface area contributed by atoms with Crippen molar-refractivity contribution >= 4 is 5.91 Å². The molecule has 0 bridgehead atoms. The number of nitrogens with one attached hydrogen (secondary N) is 1. The maximum absolute atomic E-state index is 13.0.